The average molecular weight is 582 g/mol. The fourth-order valence-corrected chi connectivity index (χ4v) is 4.65. The van der Waals surface area contributed by atoms with Crippen LogP contribution in [0.5, 0.6) is 11.5 Å². The number of ether oxygens (including phenoxy) is 2. The van der Waals surface area contributed by atoms with Crippen molar-refractivity contribution in [1.29, 1.82) is 0 Å². The molecule has 1 N–H and O–H groups in total. The Morgan fingerprint density at radius 3 is 2.35 bits per heavy atom. The Morgan fingerprint density at radius 2 is 1.75 bits per heavy atom. The number of imide groups is 1. The van der Waals surface area contributed by atoms with Gasteiger partial charge in [0.25, 0.3) is 0 Å². The second-order valence-electron chi connectivity index (χ2n) is 10.3. The summed E-state index contributed by atoms with van der Waals surface area (Å²) < 4.78 is 47.5. The number of β-amino-alcohol motifs (C(OH)–C–C–N with tert-alkyl or cyclic N) is 1. The highest BCUT2D eigenvalue weighted by Gasteiger charge is 2.48. The lowest BCUT2D eigenvalue weighted by atomic mass is 9.88. The first-order valence-electron chi connectivity index (χ1n) is 12.6. The molecule has 0 saturated carbocycles. The van der Waals surface area contributed by atoms with Crippen LogP contribution in [0.4, 0.5) is 18.0 Å². The summed E-state index contributed by atoms with van der Waals surface area (Å²) in [5, 5.41) is 10.6. The highest BCUT2D eigenvalue weighted by atomic mass is 35.5. The predicted molar refractivity (Wildman–Crippen MR) is 144 cm³/mol. The number of allylic oxidation sites excluding steroid dienone is 2. The van der Waals surface area contributed by atoms with Gasteiger partial charge in [-0.1, -0.05) is 36.4 Å². The Bertz CT molecular complexity index is 1340. The third-order valence-electron chi connectivity index (χ3n) is 6.66. The molecule has 0 spiro atoms. The van der Waals surface area contributed by atoms with Crippen LogP contribution in [-0.2, 0) is 11.2 Å². The first-order valence-corrected chi connectivity index (χ1v) is 12.9. The number of nitrogens with zero attached hydrogens (tertiary/aromatic N) is 2. The first-order chi connectivity index (χ1) is 18.5. The van der Waals surface area contributed by atoms with Gasteiger partial charge in [0.05, 0.1) is 32.3 Å². The van der Waals surface area contributed by atoms with Gasteiger partial charge in [-0.15, -0.1) is 13.2 Å². The summed E-state index contributed by atoms with van der Waals surface area (Å²) in [5.74, 6) is -1.10. The van der Waals surface area contributed by atoms with Crippen LogP contribution in [0.25, 0.3) is 0 Å². The van der Waals surface area contributed by atoms with E-state index in [0.717, 1.165) is 23.3 Å². The number of likely N-dealkylation sites (N-methyl/N-ethyl adjacent to an activating group) is 1. The van der Waals surface area contributed by atoms with Crippen LogP contribution in [0.1, 0.15) is 31.4 Å². The van der Waals surface area contributed by atoms with Gasteiger partial charge in [0.2, 0.25) is 0 Å². The molecule has 0 bridgehead atoms. The van der Waals surface area contributed by atoms with Crippen molar-refractivity contribution in [2.45, 2.75) is 46.1 Å². The predicted octanol–water partition coefficient (Wildman–Crippen LogP) is 6.38. The van der Waals surface area contributed by atoms with Crippen molar-refractivity contribution in [1.82, 2.24) is 4.90 Å². The van der Waals surface area contributed by atoms with E-state index in [9.17, 15) is 27.9 Å². The van der Waals surface area contributed by atoms with Crippen LogP contribution >= 0.6 is 11.6 Å². The monoisotopic (exact) mass is 581 g/mol. The molecule has 3 rings (SSSR count). The molecule has 2 atom stereocenters. The smallest absolute Gasteiger partial charge is 0.462 e. The van der Waals surface area contributed by atoms with Gasteiger partial charge >= 0.3 is 18.3 Å². The SMILES string of the molecule is C=C(Oc1cccc(OC(F)(F)F)c1)C(CC1=C(C)N(CC(C)O)C(=O)[N+](C)(C)C1=O)Cc1ccc(Cl)c(C)c1. The number of hydrogen-bond donors (Lipinski definition) is 1. The van der Waals surface area contributed by atoms with Crippen LogP contribution < -0.4 is 9.47 Å². The average Bonchev–Trinajstić information content (AvgIpc) is 2.84. The number of aryl methyl sites for hydroxylation is 1. The van der Waals surface area contributed by atoms with Crippen molar-refractivity contribution in [2.24, 2.45) is 5.92 Å². The zero-order valence-corrected chi connectivity index (χ0v) is 23.8. The summed E-state index contributed by atoms with van der Waals surface area (Å²) in [6.07, 6.45) is -5.21. The van der Waals surface area contributed by atoms with Crippen molar-refractivity contribution < 1.29 is 41.8 Å². The molecule has 0 aromatic heterocycles. The zero-order valence-electron chi connectivity index (χ0n) is 23.0. The van der Waals surface area contributed by atoms with Gasteiger partial charge in [0, 0.05) is 22.7 Å². The van der Waals surface area contributed by atoms with Gasteiger partial charge in [-0.3, -0.25) is 4.90 Å². The molecule has 0 radical (unpaired) electrons. The van der Waals surface area contributed by atoms with Crippen molar-refractivity contribution in [3.05, 3.63) is 82.2 Å². The number of hydrogen-bond acceptors (Lipinski definition) is 5. The van der Waals surface area contributed by atoms with Crippen molar-refractivity contribution >= 4 is 23.5 Å². The lowest BCUT2D eigenvalue weighted by molar-refractivity contribution is -0.732. The first kappa shape index (κ1) is 31.2. The Kier molecular flexibility index (Phi) is 9.39. The fourth-order valence-electron chi connectivity index (χ4n) is 4.54. The molecular formula is C29H33ClF3N2O5+. The second kappa shape index (κ2) is 12.0. The largest absolute Gasteiger partial charge is 0.573 e. The Morgan fingerprint density at radius 1 is 1.10 bits per heavy atom. The van der Waals surface area contributed by atoms with Gasteiger partial charge in [-0.05, 0) is 62.9 Å². The maximum Gasteiger partial charge on any atom is 0.573 e. The van der Waals surface area contributed by atoms with E-state index in [1.54, 1.807) is 19.9 Å². The number of halogens is 4. The highest BCUT2D eigenvalue weighted by Crippen LogP contribution is 2.35. The standard InChI is InChI=1S/C29H33ClF3N2O5/c1-17-12-21(10-11-26(17)30)13-22(20(4)39-23-8-7-9-24(15-23)40-29(31,32)33)14-25-19(3)34(16-18(2)36)28(38)35(5,6)27(25)37/h7-12,15,18,22,36H,4,13-14,16H2,1-3,5-6H3/q+1. The number of aliphatic hydroxyl groups excluding tert-OH is 1. The maximum absolute atomic E-state index is 13.5. The fraction of sp³-hybridized carbons (Fsp3) is 0.379. The van der Waals surface area contributed by atoms with Gasteiger partial charge in [-0.2, -0.15) is 4.48 Å². The van der Waals surface area contributed by atoms with E-state index >= 15 is 0 Å². The Balaban J connectivity index is 1.99. The van der Waals surface area contributed by atoms with Gasteiger partial charge in [0.15, 0.2) is 0 Å². The van der Waals surface area contributed by atoms with Crippen LogP contribution in [0, 0.1) is 12.8 Å². The normalized spacial score (nSPS) is 17.1. The van der Waals surface area contributed by atoms with Gasteiger partial charge < -0.3 is 14.6 Å². The Labute approximate surface area is 236 Å². The molecule has 1 aliphatic heterocycles. The quantitative estimate of drug-likeness (QED) is 0.260. The van der Waals surface area contributed by atoms with Gasteiger partial charge in [-0.25, -0.2) is 9.59 Å². The molecule has 2 unspecified atom stereocenters. The molecule has 0 fully saturated rings. The summed E-state index contributed by atoms with van der Waals surface area (Å²) in [4.78, 5) is 28.0. The van der Waals surface area contributed by atoms with Crippen LogP contribution in [-0.4, -0.2) is 59.5 Å². The minimum atomic E-state index is -4.86. The van der Waals surface area contributed by atoms with Crippen molar-refractivity contribution in [2.75, 3.05) is 20.6 Å². The number of carbonyl (C=O) groups is 2. The van der Waals surface area contributed by atoms with Crippen molar-refractivity contribution in [3.8, 4) is 11.5 Å². The molecule has 0 saturated heterocycles. The maximum atomic E-state index is 13.5. The lowest BCUT2D eigenvalue weighted by Crippen LogP contribution is -2.61. The molecule has 1 aliphatic rings. The number of amides is 3. The van der Waals surface area contributed by atoms with Crippen molar-refractivity contribution in [3.63, 3.8) is 0 Å². The van der Waals surface area contributed by atoms with E-state index < -0.39 is 40.6 Å². The Hall–Kier alpha value is -3.34. The molecule has 1 heterocycles. The highest BCUT2D eigenvalue weighted by molar-refractivity contribution is 6.31. The van der Waals surface area contributed by atoms with E-state index in [2.05, 4.69) is 11.3 Å². The molecule has 40 heavy (non-hydrogen) atoms. The topological polar surface area (TPSA) is 76.1 Å². The summed E-state index contributed by atoms with van der Waals surface area (Å²) >= 11 is 6.20. The molecular weight excluding hydrogens is 549 g/mol. The lowest BCUT2D eigenvalue weighted by Gasteiger charge is -2.38. The summed E-state index contributed by atoms with van der Waals surface area (Å²) in [6.45, 7) is 9.12. The van der Waals surface area contributed by atoms with E-state index in [1.807, 2.05) is 19.1 Å². The molecule has 7 nitrogen and oxygen atoms in total. The van der Waals surface area contributed by atoms with E-state index in [4.69, 9.17) is 16.3 Å². The molecule has 0 aliphatic carbocycles. The summed E-state index contributed by atoms with van der Waals surface area (Å²) in [7, 11) is 2.97. The second-order valence-corrected chi connectivity index (χ2v) is 10.8. The zero-order chi connectivity index (χ0) is 30.0. The van der Waals surface area contributed by atoms with Crippen LogP contribution in [0.3, 0.4) is 0 Å². The van der Waals surface area contributed by atoms with Crippen LogP contribution in [0.2, 0.25) is 5.02 Å². The molecule has 3 amide bonds. The molecule has 11 heteroatoms. The van der Waals surface area contributed by atoms with Gasteiger partial charge in [0.1, 0.15) is 17.3 Å². The van der Waals surface area contributed by atoms with E-state index in [0.29, 0.717) is 22.7 Å². The number of urea groups is 1. The number of alkyl halides is 3. The minimum absolute atomic E-state index is 0.00756. The third-order valence-corrected chi connectivity index (χ3v) is 7.09. The molecule has 2 aromatic carbocycles. The molecule has 216 valence electrons. The molecule has 2 aromatic rings. The van der Waals surface area contributed by atoms with E-state index in [1.165, 1.54) is 31.1 Å². The number of quaternary nitrogens is 1. The van der Waals surface area contributed by atoms with E-state index in [-0.39, 0.29) is 24.5 Å². The van der Waals surface area contributed by atoms with Crippen LogP contribution in [0.15, 0.2) is 66.1 Å². The number of benzene rings is 2. The summed E-state index contributed by atoms with van der Waals surface area (Å²) in [6, 6.07) is 10.1. The number of carbonyl (C=O) groups excluding carboxylic acids is 2. The summed E-state index contributed by atoms with van der Waals surface area (Å²) in [5.41, 5.74) is 2.49. The minimum Gasteiger partial charge on any atom is -0.462 e. The third kappa shape index (κ3) is 7.44. The number of aliphatic hydroxyl groups is 1. The number of rotatable bonds is 10.